The molecular formula is C25H27AcBrFNO3. The number of carbonyl (C=O) groups excluding carboxylic acids is 1. The van der Waals surface area contributed by atoms with Crippen molar-refractivity contribution in [3.8, 4) is 11.1 Å². The zero-order valence-corrected chi connectivity index (χ0v) is 24.4. The molecule has 1 saturated heterocycles. The molecule has 0 bridgehead atoms. The van der Waals surface area contributed by atoms with Crippen molar-refractivity contribution >= 4 is 28.0 Å². The molecule has 2 aromatic rings. The van der Waals surface area contributed by atoms with Crippen LogP contribution in [0.5, 0.6) is 0 Å². The maximum atomic E-state index is 13.5. The summed E-state index contributed by atoms with van der Waals surface area (Å²) < 4.78 is 19.1. The molecule has 0 spiro atoms. The molecule has 2 fully saturated rings. The Labute approximate surface area is 232 Å². The smallest absolute Gasteiger partial charge is 0.309 e. The maximum absolute atomic E-state index is 13.5. The molecule has 1 N–H and O–H groups in total. The standard InChI is InChI=1S/C25H27BrFNO3.Ac/c1-15-24-22(21(9-10-26)18(14-29)12-23(24)25(30)31-15)8-7-20-6-5-17(13-28-20)16-3-2-4-19(27)11-16;/h2-8,11,13,15,18,21-24,29H,9-10,12,14H2,1H3;/b8-7+;/t15-,18?,21?,22?,23?,24?;/m1./s1. The topological polar surface area (TPSA) is 59.4 Å². The number of benzene rings is 1. The zero-order valence-electron chi connectivity index (χ0n) is 18.0. The number of rotatable bonds is 6. The minimum Gasteiger partial charge on any atom is -0.462 e. The first-order chi connectivity index (χ1) is 15.0. The molecule has 7 heteroatoms. The van der Waals surface area contributed by atoms with Crippen LogP contribution < -0.4 is 0 Å². The summed E-state index contributed by atoms with van der Waals surface area (Å²) in [5.41, 5.74) is 2.45. The predicted molar refractivity (Wildman–Crippen MR) is 122 cm³/mol. The van der Waals surface area contributed by atoms with Gasteiger partial charge in [-0.05, 0) is 67.4 Å². The van der Waals surface area contributed by atoms with Gasteiger partial charge in [-0.25, -0.2) is 4.39 Å². The van der Waals surface area contributed by atoms with Crippen molar-refractivity contribution in [3.05, 3.63) is 60.2 Å². The van der Waals surface area contributed by atoms with Crippen LogP contribution in [0.1, 0.15) is 25.5 Å². The third-order valence-electron chi connectivity index (χ3n) is 6.82. The minimum atomic E-state index is -0.271. The number of aliphatic hydroxyl groups excluding tert-OH is 1. The molecule has 6 atom stereocenters. The molecule has 4 rings (SSSR count). The van der Waals surface area contributed by atoms with E-state index in [9.17, 15) is 14.3 Å². The van der Waals surface area contributed by atoms with Gasteiger partial charge in [0.2, 0.25) is 0 Å². The van der Waals surface area contributed by atoms with Gasteiger partial charge in [0.05, 0.1) is 11.6 Å². The van der Waals surface area contributed by atoms with Crippen LogP contribution in [0.3, 0.4) is 0 Å². The Morgan fingerprint density at radius 2 is 2.09 bits per heavy atom. The summed E-state index contributed by atoms with van der Waals surface area (Å²) in [7, 11) is 0. The van der Waals surface area contributed by atoms with Crippen molar-refractivity contribution in [2.24, 2.45) is 29.6 Å². The molecular weight excluding hydrogens is 688 g/mol. The molecule has 5 unspecified atom stereocenters. The van der Waals surface area contributed by atoms with Crippen LogP contribution in [0.25, 0.3) is 17.2 Å². The van der Waals surface area contributed by atoms with E-state index in [1.54, 1.807) is 12.3 Å². The van der Waals surface area contributed by atoms with Gasteiger partial charge in [-0.1, -0.05) is 40.2 Å². The second-order valence-electron chi connectivity index (χ2n) is 8.56. The molecule has 1 aromatic heterocycles. The van der Waals surface area contributed by atoms with Gasteiger partial charge >= 0.3 is 5.97 Å². The molecule has 2 heterocycles. The number of fused-ring (bicyclic) bond motifs is 1. The van der Waals surface area contributed by atoms with E-state index in [1.807, 2.05) is 31.2 Å². The van der Waals surface area contributed by atoms with Crippen molar-refractivity contribution in [2.75, 3.05) is 11.9 Å². The van der Waals surface area contributed by atoms with Crippen LogP contribution in [0.15, 0.2) is 48.7 Å². The van der Waals surface area contributed by atoms with Crippen LogP contribution in [-0.2, 0) is 9.53 Å². The van der Waals surface area contributed by atoms with Crippen molar-refractivity contribution in [3.63, 3.8) is 0 Å². The number of carbonyl (C=O) groups is 1. The van der Waals surface area contributed by atoms with Gasteiger partial charge in [-0.2, -0.15) is 0 Å². The summed E-state index contributed by atoms with van der Waals surface area (Å²) in [6.07, 6.45) is 7.37. The third kappa shape index (κ3) is 5.54. The van der Waals surface area contributed by atoms with E-state index >= 15 is 0 Å². The van der Waals surface area contributed by atoms with Crippen LogP contribution in [0.2, 0.25) is 0 Å². The van der Waals surface area contributed by atoms with Crippen LogP contribution in [0.4, 0.5) is 4.39 Å². The summed E-state index contributed by atoms with van der Waals surface area (Å²) in [5.74, 6) is 0.0229. The molecule has 167 valence electrons. The maximum Gasteiger partial charge on any atom is 0.309 e. The quantitative estimate of drug-likeness (QED) is 0.334. The Morgan fingerprint density at radius 3 is 2.75 bits per heavy atom. The van der Waals surface area contributed by atoms with E-state index in [1.165, 1.54) is 12.1 Å². The molecule has 0 amide bonds. The van der Waals surface area contributed by atoms with Gasteiger partial charge in [-0.15, -0.1) is 0 Å². The van der Waals surface area contributed by atoms with E-state index in [4.69, 9.17) is 4.74 Å². The minimum absolute atomic E-state index is 0. The molecule has 4 nitrogen and oxygen atoms in total. The van der Waals surface area contributed by atoms with Crippen LogP contribution in [0, 0.1) is 79.5 Å². The van der Waals surface area contributed by atoms with Gasteiger partial charge in [0.25, 0.3) is 0 Å². The number of halogens is 2. The van der Waals surface area contributed by atoms with Gasteiger partial charge in [-0.3, -0.25) is 9.78 Å². The van der Waals surface area contributed by atoms with Gasteiger partial charge in [0.1, 0.15) is 11.9 Å². The summed E-state index contributed by atoms with van der Waals surface area (Å²) in [6.45, 7) is 2.05. The number of esters is 1. The first kappa shape index (κ1) is 26.0. The predicted octanol–water partition coefficient (Wildman–Crippen LogP) is 5.11. The number of ether oxygens (including phenoxy) is 1. The van der Waals surface area contributed by atoms with Crippen molar-refractivity contribution in [1.82, 2.24) is 4.98 Å². The van der Waals surface area contributed by atoms with E-state index < -0.39 is 0 Å². The molecule has 1 saturated carbocycles. The molecule has 1 radical (unpaired) electrons. The molecule has 1 aromatic carbocycles. The SMILES string of the molecule is C[C@H]1OC(=O)C2CC(CO)C(CCBr)C(/C=C/c3ccc(-c4cccc(F)c4)cn3)C21.[Ac]. The first-order valence-corrected chi connectivity index (χ1v) is 11.9. The Morgan fingerprint density at radius 1 is 1.28 bits per heavy atom. The number of aromatic nitrogens is 1. The zero-order chi connectivity index (χ0) is 22.0. The third-order valence-corrected chi connectivity index (χ3v) is 7.28. The van der Waals surface area contributed by atoms with E-state index in [-0.39, 0.29) is 98.1 Å². The number of allylic oxidation sites excluding steroid dienone is 1. The number of hydrogen-bond donors (Lipinski definition) is 1. The number of nitrogens with zero attached hydrogens (tertiary/aromatic N) is 1. The van der Waals surface area contributed by atoms with E-state index in [0.29, 0.717) is 6.42 Å². The van der Waals surface area contributed by atoms with Gasteiger partial charge in [0, 0.05) is 73.7 Å². The second-order valence-corrected chi connectivity index (χ2v) is 9.36. The normalized spacial score (nSPS) is 29.4. The summed E-state index contributed by atoms with van der Waals surface area (Å²) in [5, 5.41) is 10.8. The number of cyclic esters (lactones) is 1. The van der Waals surface area contributed by atoms with E-state index in [0.717, 1.165) is 28.6 Å². The molecule has 1 aliphatic carbocycles. The second kappa shape index (κ2) is 11.7. The molecule has 1 aliphatic heterocycles. The van der Waals surface area contributed by atoms with Gasteiger partial charge in [0.15, 0.2) is 0 Å². The Balaban J connectivity index is 0.00000289. The molecule has 32 heavy (non-hydrogen) atoms. The van der Waals surface area contributed by atoms with Gasteiger partial charge < -0.3 is 9.84 Å². The van der Waals surface area contributed by atoms with E-state index in [2.05, 4.69) is 27.0 Å². The average Bonchev–Trinajstić information content (AvgIpc) is 3.06. The first-order valence-electron chi connectivity index (χ1n) is 10.8. The summed E-state index contributed by atoms with van der Waals surface area (Å²) in [4.78, 5) is 16.9. The molecule has 2 aliphatic rings. The number of alkyl halides is 1. The van der Waals surface area contributed by atoms with Crippen LogP contribution >= 0.6 is 15.9 Å². The Kier molecular flexibility index (Phi) is 9.50. The largest absolute Gasteiger partial charge is 0.462 e. The van der Waals surface area contributed by atoms with Crippen molar-refractivity contribution in [2.45, 2.75) is 25.9 Å². The average molecular weight is 715 g/mol. The fourth-order valence-corrected chi connectivity index (χ4v) is 5.88. The van der Waals surface area contributed by atoms with Crippen molar-refractivity contribution in [1.29, 1.82) is 0 Å². The monoisotopic (exact) mass is 714 g/mol. The van der Waals surface area contributed by atoms with Crippen molar-refractivity contribution < 1.29 is 63.1 Å². The Hall–Kier alpha value is -0.608. The number of pyridine rings is 1. The fraction of sp³-hybridized carbons (Fsp3) is 0.440. The summed E-state index contributed by atoms with van der Waals surface area (Å²) >= 11 is 3.56. The number of hydrogen-bond acceptors (Lipinski definition) is 4. The summed E-state index contributed by atoms with van der Waals surface area (Å²) in [6, 6.07) is 10.3. The number of aliphatic hydroxyl groups is 1. The van der Waals surface area contributed by atoms with Crippen LogP contribution in [-0.4, -0.2) is 34.1 Å². The Bertz CT molecular complexity index is 954. The fourth-order valence-electron chi connectivity index (χ4n) is 5.36.